The first-order valence-corrected chi connectivity index (χ1v) is 10.6. The normalized spacial score (nSPS) is 30.6. The molecule has 1 aromatic rings. The van der Waals surface area contributed by atoms with E-state index in [1.54, 1.807) is 17.0 Å². The number of fused-ring (bicyclic) bond motifs is 2. The van der Waals surface area contributed by atoms with Crippen LogP contribution in [0.25, 0.3) is 0 Å². The maximum atomic E-state index is 14.0. The number of rotatable bonds is 2. The van der Waals surface area contributed by atoms with Crippen LogP contribution in [0.2, 0.25) is 0 Å². The molecule has 5 nitrogen and oxygen atoms in total. The zero-order valence-electron chi connectivity index (χ0n) is 16.4. The Morgan fingerprint density at radius 1 is 0.929 bits per heavy atom. The Labute approximate surface area is 166 Å². The number of nitrogens with two attached hydrogens (primary N) is 1. The average Bonchev–Trinajstić information content (AvgIpc) is 2.93. The first kappa shape index (κ1) is 19.4. The van der Waals surface area contributed by atoms with Crippen LogP contribution < -0.4 is 5.73 Å². The van der Waals surface area contributed by atoms with Gasteiger partial charge in [0, 0.05) is 38.1 Å². The second kappa shape index (κ2) is 8.19. The van der Waals surface area contributed by atoms with Crippen LogP contribution in [-0.2, 0) is 4.79 Å². The molecule has 1 aromatic carbocycles. The number of halogens is 1. The Kier molecular flexibility index (Phi) is 5.67. The van der Waals surface area contributed by atoms with E-state index in [2.05, 4.69) is 0 Å². The van der Waals surface area contributed by atoms with E-state index in [4.69, 9.17) is 5.73 Å². The van der Waals surface area contributed by atoms with Gasteiger partial charge in [-0.25, -0.2) is 4.39 Å². The quantitative estimate of drug-likeness (QED) is 0.848. The summed E-state index contributed by atoms with van der Waals surface area (Å²) in [5, 5.41) is 0. The third-order valence-corrected chi connectivity index (χ3v) is 6.96. The molecule has 2 saturated carbocycles. The fraction of sp³-hybridized carbons (Fsp3) is 0.636. The summed E-state index contributed by atoms with van der Waals surface area (Å²) in [5.41, 5.74) is 6.48. The van der Waals surface area contributed by atoms with Crippen molar-refractivity contribution in [2.75, 3.05) is 26.2 Å². The van der Waals surface area contributed by atoms with E-state index in [9.17, 15) is 14.0 Å². The Balaban J connectivity index is 1.38. The lowest BCUT2D eigenvalue weighted by molar-refractivity contribution is -0.138. The second-order valence-electron chi connectivity index (χ2n) is 8.65. The van der Waals surface area contributed by atoms with Gasteiger partial charge < -0.3 is 15.5 Å². The van der Waals surface area contributed by atoms with Crippen LogP contribution in [0, 0.1) is 23.6 Å². The first-order chi connectivity index (χ1) is 13.5. The molecule has 0 aromatic heterocycles. The van der Waals surface area contributed by atoms with Gasteiger partial charge in [-0.2, -0.15) is 0 Å². The van der Waals surface area contributed by atoms with Crippen molar-refractivity contribution in [2.24, 2.45) is 23.5 Å². The van der Waals surface area contributed by atoms with Gasteiger partial charge in [0.05, 0.1) is 5.56 Å². The third-order valence-electron chi connectivity index (χ3n) is 6.96. The molecule has 2 N–H and O–H groups in total. The van der Waals surface area contributed by atoms with Crippen LogP contribution in [0.5, 0.6) is 0 Å². The molecule has 0 radical (unpaired) electrons. The van der Waals surface area contributed by atoms with Crippen LogP contribution in [0.15, 0.2) is 24.3 Å². The summed E-state index contributed by atoms with van der Waals surface area (Å²) < 4.78 is 14.0. The van der Waals surface area contributed by atoms with E-state index < -0.39 is 5.82 Å². The Bertz CT molecular complexity index is 726. The molecule has 1 heterocycles. The Morgan fingerprint density at radius 3 is 2.29 bits per heavy atom. The van der Waals surface area contributed by atoms with E-state index >= 15 is 0 Å². The molecule has 0 spiro atoms. The van der Waals surface area contributed by atoms with Crippen molar-refractivity contribution in [1.29, 1.82) is 0 Å². The predicted molar refractivity (Wildman–Crippen MR) is 105 cm³/mol. The highest BCUT2D eigenvalue weighted by Crippen LogP contribution is 2.42. The Morgan fingerprint density at radius 2 is 1.57 bits per heavy atom. The van der Waals surface area contributed by atoms with Crippen LogP contribution >= 0.6 is 0 Å². The van der Waals surface area contributed by atoms with Crippen LogP contribution in [0.4, 0.5) is 4.39 Å². The van der Waals surface area contributed by atoms with Crippen molar-refractivity contribution in [3.05, 3.63) is 35.6 Å². The van der Waals surface area contributed by atoms with E-state index in [-0.39, 0.29) is 29.3 Å². The molecule has 2 amide bonds. The number of amides is 2. The van der Waals surface area contributed by atoms with Crippen molar-refractivity contribution in [1.82, 2.24) is 9.80 Å². The molecule has 2 aliphatic carbocycles. The lowest BCUT2D eigenvalue weighted by Gasteiger charge is -2.44. The number of hydrogen-bond donors (Lipinski definition) is 1. The summed E-state index contributed by atoms with van der Waals surface area (Å²) in [6.07, 6.45) is 6.07. The minimum atomic E-state index is -0.491. The van der Waals surface area contributed by atoms with Gasteiger partial charge in [0.25, 0.3) is 5.91 Å². The SMILES string of the molecule is NC1C2CCCC1CC(C(=O)N1CCCN(C(=O)c3ccccc3F)CC1)C2. The zero-order chi connectivity index (χ0) is 19.7. The topological polar surface area (TPSA) is 66.6 Å². The molecular formula is C22H30FN3O2. The highest BCUT2D eigenvalue weighted by molar-refractivity contribution is 5.94. The third kappa shape index (κ3) is 3.79. The second-order valence-corrected chi connectivity index (χ2v) is 8.65. The van der Waals surface area contributed by atoms with Gasteiger partial charge in [0.1, 0.15) is 5.82 Å². The molecule has 2 atom stereocenters. The highest BCUT2D eigenvalue weighted by atomic mass is 19.1. The standard InChI is InChI=1S/C22H30FN3O2/c23-19-8-2-1-7-18(19)22(28)26-10-4-9-25(11-12-26)21(27)17-13-15-5-3-6-16(14-17)20(15)24/h1-2,7-8,15-17,20H,3-6,9-14,24H2. The molecule has 152 valence electrons. The summed E-state index contributed by atoms with van der Waals surface area (Å²) in [5.74, 6) is 0.480. The number of nitrogens with zero attached hydrogens (tertiary/aromatic N) is 2. The van der Waals surface area contributed by atoms with Crippen molar-refractivity contribution in [3.63, 3.8) is 0 Å². The molecule has 2 unspecified atom stereocenters. The molecule has 1 aliphatic heterocycles. The van der Waals surface area contributed by atoms with Gasteiger partial charge in [0.2, 0.25) is 5.91 Å². The molecule has 4 rings (SSSR count). The largest absolute Gasteiger partial charge is 0.341 e. The molecule has 1 saturated heterocycles. The van der Waals surface area contributed by atoms with Crippen molar-refractivity contribution in [2.45, 2.75) is 44.6 Å². The molecule has 28 heavy (non-hydrogen) atoms. The number of benzene rings is 1. The minimum Gasteiger partial charge on any atom is -0.341 e. The summed E-state index contributed by atoms with van der Waals surface area (Å²) >= 11 is 0. The number of carbonyl (C=O) groups excluding carboxylic acids is 2. The summed E-state index contributed by atoms with van der Waals surface area (Å²) in [4.78, 5) is 29.5. The maximum absolute atomic E-state index is 14.0. The van der Waals surface area contributed by atoms with Crippen LogP contribution in [0.3, 0.4) is 0 Å². The fourth-order valence-electron chi connectivity index (χ4n) is 5.39. The van der Waals surface area contributed by atoms with E-state index in [0.29, 0.717) is 38.0 Å². The predicted octanol–water partition coefficient (Wildman–Crippen LogP) is 2.65. The van der Waals surface area contributed by atoms with Gasteiger partial charge in [-0.3, -0.25) is 9.59 Å². The molecule has 3 aliphatic rings. The number of carbonyl (C=O) groups is 2. The molecule has 3 fully saturated rings. The van der Waals surface area contributed by atoms with Gasteiger partial charge in [0.15, 0.2) is 0 Å². The summed E-state index contributed by atoms with van der Waals surface area (Å²) in [6, 6.07) is 6.35. The lowest BCUT2D eigenvalue weighted by Crippen LogP contribution is -2.50. The fourth-order valence-corrected chi connectivity index (χ4v) is 5.39. The van der Waals surface area contributed by atoms with E-state index in [0.717, 1.165) is 32.1 Å². The van der Waals surface area contributed by atoms with Crippen molar-refractivity contribution >= 4 is 11.8 Å². The van der Waals surface area contributed by atoms with Crippen LogP contribution in [0.1, 0.15) is 48.9 Å². The van der Waals surface area contributed by atoms with Crippen molar-refractivity contribution in [3.8, 4) is 0 Å². The first-order valence-electron chi connectivity index (χ1n) is 10.6. The van der Waals surface area contributed by atoms with Gasteiger partial charge in [-0.1, -0.05) is 18.6 Å². The maximum Gasteiger partial charge on any atom is 0.256 e. The van der Waals surface area contributed by atoms with Crippen LogP contribution in [-0.4, -0.2) is 53.8 Å². The lowest BCUT2D eigenvalue weighted by atomic mass is 9.65. The minimum absolute atomic E-state index is 0.0731. The van der Waals surface area contributed by atoms with E-state index in [1.165, 1.54) is 18.6 Å². The van der Waals surface area contributed by atoms with E-state index in [1.807, 2.05) is 4.90 Å². The molecular weight excluding hydrogens is 357 g/mol. The zero-order valence-corrected chi connectivity index (χ0v) is 16.4. The highest BCUT2D eigenvalue weighted by Gasteiger charge is 2.41. The van der Waals surface area contributed by atoms with Gasteiger partial charge in [-0.05, 0) is 56.1 Å². The van der Waals surface area contributed by atoms with Crippen molar-refractivity contribution < 1.29 is 14.0 Å². The number of hydrogen-bond acceptors (Lipinski definition) is 3. The van der Waals surface area contributed by atoms with Gasteiger partial charge in [-0.15, -0.1) is 0 Å². The monoisotopic (exact) mass is 387 g/mol. The molecule has 2 bridgehead atoms. The molecule has 6 heteroatoms. The summed E-state index contributed by atoms with van der Waals surface area (Å²) in [7, 11) is 0. The Hall–Kier alpha value is -1.95. The smallest absolute Gasteiger partial charge is 0.256 e. The van der Waals surface area contributed by atoms with Gasteiger partial charge >= 0.3 is 0 Å². The summed E-state index contributed by atoms with van der Waals surface area (Å²) in [6.45, 7) is 2.20. The average molecular weight is 387 g/mol.